The molecule has 4 rings (SSSR count). The number of hydrogen-bond donors (Lipinski definition) is 1. The van der Waals surface area contributed by atoms with Gasteiger partial charge in [-0.25, -0.2) is 9.07 Å². The van der Waals surface area contributed by atoms with Gasteiger partial charge < -0.3 is 14.6 Å². The van der Waals surface area contributed by atoms with Crippen molar-refractivity contribution in [3.05, 3.63) is 71.7 Å². The minimum absolute atomic E-state index is 0.147. The molecule has 1 saturated heterocycles. The number of aliphatic hydroxyl groups is 1. The molecule has 34 heavy (non-hydrogen) atoms. The Morgan fingerprint density at radius 3 is 2.62 bits per heavy atom. The van der Waals surface area contributed by atoms with Crippen molar-refractivity contribution in [3.63, 3.8) is 0 Å². The van der Waals surface area contributed by atoms with E-state index in [1.807, 2.05) is 37.3 Å². The molecule has 0 spiro atoms. The van der Waals surface area contributed by atoms with Crippen LogP contribution in [0, 0.1) is 5.82 Å². The molecular formula is C27H34FN3O3. The molecule has 1 aromatic heterocycles. The Hall–Kier alpha value is -2.74. The number of para-hydroxylation sites is 2. The number of aliphatic hydroxyl groups excluding tert-OH is 1. The fourth-order valence-corrected chi connectivity index (χ4v) is 4.33. The first kappa shape index (κ1) is 24.4. The first-order valence-corrected chi connectivity index (χ1v) is 12.2. The third kappa shape index (κ3) is 5.84. The molecule has 182 valence electrons. The lowest BCUT2D eigenvalue weighted by Gasteiger charge is -2.27. The molecule has 1 fully saturated rings. The highest BCUT2D eigenvalue weighted by Crippen LogP contribution is 2.33. The van der Waals surface area contributed by atoms with Crippen LogP contribution >= 0.6 is 0 Å². The number of ether oxygens (including phenoxy) is 2. The minimum Gasteiger partial charge on any atom is -0.435 e. The van der Waals surface area contributed by atoms with E-state index in [-0.39, 0.29) is 11.9 Å². The molecule has 1 aliphatic rings. The predicted octanol–water partition coefficient (Wildman–Crippen LogP) is 5.12. The Morgan fingerprint density at radius 1 is 1.18 bits per heavy atom. The van der Waals surface area contributed by atoms with Gasteiger partial charge in [-0.15, -0.1) is 0 Å². The summed E-state index contributed by atoms with van der Waals surface area (Å²) in [6, 6.07) is 16.1. The standard InChI is InChI=1S/C27H34FN3O3/c1-3-21(32)17-30(18-22-13-10-16-33-22)19-23-25(4-2)29-31(20-11-6-5-7-12-20)27(23)34-26-15-9-8-14-24(26)28/h5-9,11-12,14-15,21-22,32H,3-4,10,13,16-19H2,1-2H3/t21-,22-/m1/s1. The van der Waals surface area contributed by atoms with Crippen LogP contribution in [0.4, 0.5) is 4.39 Å². The number of halogens is 1. The highest BCUT2D eigenvalue weighted by atomic mass is 19.1. The van der Waals surface area contributed by atoms with Crippen LogP contribution in [0.3, 0.4) is 0 Å². The van der Waals surface area contributed by atoms with Crippen molar-refractivity contribution >= 4 is 0 Å². The topological polar surface area (TPSA) is 59.8 Å². The minimum atomic E-state index is -0.438. The lowest BCUT2D eigenvalue weighted by molar-refractivity contribution is 0.0451. The van der Waals surface area contributed by atoms with Crippen LogP contribution in [0.5, 0.6) is 11.6 Å². The van der Waals surface area contributed by atoms with Gasteiger partial charge in [-0.3, -0.25) is 4.90 Å². The van der Waals surface area contributed by atoms with Gasteiger partial charge in [0.15, 0.2) is 11.6 Å². The monoisotopic (exact) mass is 467 g/mol. The smallest absolute Gasteiger partial charge is 0.227 e. The number of nitrogens with zero attached hydrogens (tertiary/aromatic N) is 3. The second-order valence-electron chi connectivity index (χ2n) is 8.75. The molecule has 0 bridgehead atoms. The van der Waals surface area contributed by atoms with Gasteiger partial charge in [0.1, 0.15) is 0 Å². The first-order valence-electron chi connectivity index (χ1n) is 12.2. The predicted molar refractivity (Wildman–Crippen MR) is 130 cm³/mol. The van der Waals surface area contributed by atoms with Crippen molar-refractivity contribution in [1.29, 1.82) is 0 Å². The number of rotatable bonds is 11. The average molecular weight is 468 g/mol. The summed E-state index contributed by atoms with van der Waals surface area (Å²) in [5, 5.41) is 15.3. The van der Waals surface area contributed by atoms with E-state index >= 15 is 0 Å². The quantitative estimate of drug-likeness (QED) is 0.424. The van der Waals surface area contributed by atoms with Crippen LogP contribution in [0.25, 0.3) is 5.69 Å². The molecule has 3 aromatic rings. The lowest BCUT2D eigenvalue weighted by Crippen LogP contribution is -2.37. The van der Waals surface area contributed by atoms with Gasteiger partial charge in [0.25, 0.3) is 0 Å². The Labute approximate surface area is 200 Å². The van der Waals surface area contributed by atoms with Crippen LogP contribution in [0.15, 0.2) is 54.6 Å². The third-order valence-electron chi connectivity index (χ3n) is 6.21. The summed E-state index contributed by atoms with van der Waals surface area (Å²) in [4.78, 5) is 2.21. The van der Waals surface area contributed by atoms with E-state index in [4.69, 9.17) is 14.6 Å². The van der Waals surface area contributed by atoms with E-state index in [2.05, 4.69) is 11.8 Å². The van der Waals surface area contributed by atoms with Gasteiger partial charge in [-0.05, 0) is 49.9 Å². The maximum absolute atomic E-state index is 14.6. The second kappa shape index (κ2) is 11.6. The Kier molecular flexibility index (Phi) is 8.32. The van der Waals surface area contributed by atoms with Crippen molar-refractivity contribution in [2.45, 2.75) is 58.3 Å². The van der Waals surface area contributed by atoms with E-state index < -0.39 is 11.9 Å². The van der Waals surface area contributed by atoms with Crippen molar-refractivity contribution in [3.8, 4) is 17.3 Å². The maximum Gasteiger partial charge on any atom is 0.227 e. The van der Waals surface area contributed by atoms with Gasteiger partial charge in [-0.1, -0.05) is 44.2 Å². The Bertz CT molecular complexity index is 1050. The number of hydrogen-bond acceptors (Lipinski definition) is 5. The van der Waals surface area contributed by atoms with Crippen molar-refractivity contribution in [1.82, 2.24) is 14.7 Å². The van der Waals surface area contributed by atoms with E-state index in [0.717, 1.165) is 42.9 Å². The number of aromatic nitrogens is 2. The molecule has 2 atom stereocenters. The molecule has 7 heteroatoms. The summed E-state index contributed by atoms with van der Waals surface area (Å²) < 4.78 is 28.4. The van der Waals surface area contributed by atoms with E-state index in [1.54, 1.807) is 22.9 Å². The molecule has 2 aromatic carbocycles. The van der Waals surface area contributed by atoms with Crippen molar-refractivity contribution < 1.29 is 19.0 Å². The summed E-state index contributed by atoms with van der Waals surface area (Å²) in [5.74, 6) is 0.226. The molecule has 0 unspecified atom stereocenters. The summed E-state index contributed by atoms with van der Waals surface area (Å²) in [6.07, 6.45) is 3.15. The zero-order chi connectivity index (χ0) is 23.9. The van der Waals surface area contributed by atoms with Gasteiger partial charge in [0.2, 0.25) is 5.88 Å². The summed E-state index contributed by atoms with van der Waals surface area (Å²) in [7, 11) is 0. The lowest BCUT2D eigenvalue weighted by atomic mass is 10.1. The third-order valence-corrected chi connectivity index (χ3v) is 6.21. The highest BCUT2D eigenvalue weighted by Gasteiger charge is 2.26. The van der Waals surface area contributed by atoms with Crippen LogP contribution in [-0.2, 0) is 17.7 Å². The van der Waals surface area contributed by atoms with Crippen molar-refractivity contribution in [2.75, 3.05) is 19.7 Å². The zero-order valence-electron chi connectivity index (χ0n) is 20.0. The largest absolute Gasteiger partial charge is 0.435 e. The molecule has 0 saturated carbocycles. The fraction of sp³-hybridized carbons (Fsp3) is 0.444. The highest BCUT2D eigenvalue weighted by molar-refractivity contribution is 5.44. The van der Waals surface area contributed by atoms with Crippen LogP contribution in [0.2, 0.25) is 0 Å². The van der Waals surface area contributed by atoms with Gasteiger partial charge >= 0.3 is 0 Å². The maximum atomic E-state index is 14.6. The molecular weight excluding hydrogens is 433 g/mol. The molecule has 6 nitrogen and oxygen atoms in total. The van der Waals surface area contributed by atoms with E-state index in [1.165, 1.54) is 6.07 Å². The molecule has 0 amide bonds. The summed E-state index contributed by atoms with van der Waals surface area (Å²) >= 11 is 0. The zero-order valence-corrected chi connectivity index (χ0v) is 20.0. The molecule has 1 N–H and O–H groups in total. The number of aryl methyl sites for hydroxylation is 1. The van der Waals surface area contributed by atoms with Crippen LogP contribution in [-0.4, -0.2) is 51.7 Å². The molecule has 1 aliphatic heterocycles. The Morgan fingerprint density at radius 2 is 1.94 bits per heavy atom. The van der Waals surface area contributed by atoms with Crippen molar-refractivity contribution in [2.24, 2.45) is 0 Å². The van der Waals surface area contributed by atoms with Gasteiger partial charge in [0.05, 0.1) is 29.2 Å². The van der Waals surface area contributed by atoms with Gasteiger partial charge in [0, 0.05) is 26.2 Å². The summed E-state index contributed by atoms with van der Waals surface area (Å²) in [5.41, 5.74) is 2.63. The second-order valence-corrected chi connectivity index (χ2v) is 8.75. The molecule has 2 heterocycles. The fourth-order valence-electron chi connectivity index (χ4n) is 4.33. The van der Waals surface area contributed by atoms with Crippen LogP contribution < -0.4 is 4.74 Å². The summed E-state index contributed by atoms with van der Waals surface area (Å²) in [6.45, 7) is 6.58. The SMILES string of the molecule is CCc1nn(-c2ccccc2)c(Oc2ccccc2F)c1CN(C[C@H](O)CC)C[C@H]1CCCO1. The average Bonchev–Trinajstić information content (AvgIpc) is 3.49. The van der Waals surface area contributed by atoms with Gasteiger partial charge in [-0.2, -0.15) is 5.10 Å². The van der Waals surface area contributed by atoms with Crippen LogP contribution in [0.1, 0.15) is 44.4 Å². The van der Waals surface area contributed by atoms with E-state index in [9.17, 15) is 9.50 Å². The first-order chi connectivity index (χ1) is 16.6. The Balaban J connectivity index is 1.74. The molecule has 0 aliphatic carbocycles. The molecule has 0 radical (unpaired) electrons. The normalized spacial score (nSPS) is 16.8. The number of benzene rings is 2. The van der Waals surface area contributed by atoms with E-state index in [0.29, 0.717) is 31.8 Å².